The molecule has 0 radical (unpaired) electrons. The Morgan fingerprint density at radius 2 is 2.47 bits per heavy atom. The lowest BCUT2D eigenvalue weighted by Gasteiger charge is -2.21. The number of nitrogens with one attached hydrogen (secondary N) is 1. The van der Waals surface area contributed by atoms with Crippen molar-refractivity contribution in [3.8, 4) is 0 Å². The fraction of sp³-hybridized carbons (Fsp3) is 0.545. The summed E-state index contributed by atoms with van der Waals surface area (Å²) in [6.07, 6.45) is 2.63. The van der Waals surface area contributed by atoms with Gasteiger partial charge in [0.1, 0.15) is 5.15 Å². The third kappa shape index (κ3) is 3.67. The third-order valence-corrected chi connectivity index (χ3v) is 3.93. The Balaban J connectivity index is 1.81. The number of nitrogens with zero attached hydrogens (tertiary/aromatic N) is 1. The molecule has 2 heterocycles. The summed E-state index contributed by atoms with van der Waals surface area (Å²) in [6.45, 7) is 2.32. The fourth-order valence-corrected chi connectivity index (χ4v) is 2.98. The first-order valence-electron chi connectivity index (χ1n) is 5.30. The SMILES string of the molecule is Clc1cccc(SC[C@@H]2CCCNC2)n1. The van der Waals surface area contributed by atoms with Gasteiger partial charge in [-0.3, -0.25) is 0 Å². The summed E-state index contributed by atoms with van der Waals surface area (Å²) in [4.78, 5) is 4.27. The molecule has 4 heteroatoms. The van der Waals surface area contributed by atoms with Crippen molar-refractivity contribution in [2.24, 2.45) is 5.92 Å². The summed E-state index contributed by atoms with van der Waals surface area (Å²) < 4.78 is 0. The Hall–Kier alpha value is -0.250. The van der Waals surface area contributed by atoms with Crippen LogP contribution in [0.5, 0.6) is 0 Å². The van der Waals surface area contributed by atoms with Crippen molar-refractivity contribution in [1.82, 2.24) is 10.3 Å². The number of thioether (sulfide) groups is 1. The molecule has 2 nitrogen and oxygen atoms in total. The molecule has 1 aliphatic heterocycles. The maximum Gasteiger partial charge on any atom is 0.130 e. The molecule has 1 aliphatic rings. The van der Waals surface area contributed by atoms with E-state index in [1.54, 1.807) is 11.8 Å². The van der Waals surface area contributed by atoms with E-state index in [1.165, 1.54) is 19.4 Å². The van der Waals surface area contributed by atoms with E-state index in [0.717, 1.165) is 23.2 Å². The lowest BCUT2D eigenvalue weighted by molar-refractivity contribution is 0.410. The van der Waals surface area contributed by atoms with Crippen LogP contribution in [0, 0.1) is 5.92 Å². The Morgan fingerprint density at radius 3 is 3.20 bits per heavy atom. The number of rotatable bonds is 3. The van der Waals surface area contributed by atoms with Gasteiger partial charge in [-0.05, 0) is 44.0 Å². The van der Waals surface area contributed by atoms with Crippen molar-refractivity contribution in [3.63, 3.8) is 0 Å². The first-order valence-corrected chi connectivity index (χ1v) is 6.67. The summed E-state index contributed by atoms with van der Waals surface area (Å²) in [5.41, 5.74) is 0. The van der Waals surface area contributed by atoms with Gasteiger partial charge in [0.2, 0.25) is 0 Å². The lowest BCUT2D eigenvalue weighted by atomic mass is 10.0. The van der Waals surface area contributed by atoms with Gasteiger partial charge in [-0.15, -0.1) is 11.8 Å². The van der Waals surface area contributed by atoms with E-state index in [9.17, 15) is 0 Å². The maximum atomic E-state index is 5.83. The quantitative estimate of drug-likeness (QED) is 0.652. The molecule has 0 aliphatic carbocycles. The second kappa shape index (κ2) is 5.73. The molecule has 0 saturated carbocycles. The van der Waals surface area contributed by atoms with Gasteiger partial charge in [0.25, 0.3) is 0 Å². The van der Waals surface area contributed by atoms with Crippen molar-refractivity contribution in [2.75, 3.05) is 18.8 Å². The van der Waals surface area contributed by atoms with Gasteiger partial charge in [0.15, 0.2) is 0 Å². The Labute approximate surface area is 99.8 Å². The van der Waals surface area contributed by atoms with Crippen molar-refractivity contribution in [2.45, 2.75) is 17.9 Å². The monoisotopic (exact) mass is 242 g/mol. The molecular formula is C11H15ClN2S. The predicted molar refractivity (Wildman–Crippen MR) is 65.6 cm³/mol. The van der Waals surface area contributed by atoms with Crippen molar-refractivity contribution < 1.29 is 0 Å². The van der Waals surface area contributed by atoms with Crippen molar-refractivity contribution in [3.05, 3.63) is 23.4 Å². The molecule has 15 heavy (non-hydrogen) atoms. The number of halogens is 1. The molecule has 0 amide bonds. The van der Waals surface area contributed by atoms with E-state index in [0.29, 0.717) is 5.15 Å². The molecule has 1 N–H and O–H groups in total. The topological polar surface area (TPSA) is 24.9 Å². The first kappa shape index (κ1) is 11.2. The third-order valence-electron chi connectivity index (χ3n) is 2.56. The molecule has 1 saturated heterocycles. The predicted octanol–water partition coefficient (Wildman–Crippen LogP) is 2.83. The summed E-state index contributed by atoms with van der Waals surface area (Å²) in [7, 11) is 0. The van der Waals surface area contributed by atoms with E-state index in [4.69, 9.17) is 11.6 Å². The number of aromatic nitrogens is 1. The van der Waals surface area contributed by atoms with Crippen LogP contribution in [0.15, 0.2) is 23.2 Å². The molecule has 1 fully saturated rings. The normalized spacial score (nSPS) is 21.5. The molecular weight excluding hydrogens is 228 g/mol. The van der Waals surface area contributed by atoms with Crippen LogP contribution < -0.4 is 5.32 Å². The largest absolute Gasteiger partial charge is 0.316 e. The Morgan fingerprint density at radius 1 is 1.53 bits per heavy atom. The highest BCUT2D eigenvalue weighted by Gasteiger charge is 2.13. The zero-order valence-electron chi connectivity index (χ0n) is 8.58. The van der Waals surface area contributed by atoms with E-state index in [1.807, 2.05) is 18.2 Å². The van der Waals surface area contributed by atoms with Gasteiger partial charge in [0.05, 0.1) is 5.03 Å². The second-order valence-electron chi connectivity index (χ2n) is 3.82. The summed E-state index contributed by atoms with van der Waals surface area (Å²) in [6, 6.07) is 5.79. The standard InChI is InChI=1S/C11H15ClN2S/c12-10-4-1-5-11(14-10)15-8-9-3-2-6-13-7-9/h1,4-5,9,13H,2-3,6-8H2/t9-/m1/s1. The molecule has 0 aromatic carbocycles. The van der Waals surface area contributed by atoms with Crippen LogP contribution in [0.2, 0.25) is 5.15 Å². The van der Waals surface area contributed by atoms with E-state index in [2.05, 4.69) is 10.3 Å². The average Bonchev–Trinajstić information content (AvgIpc) is 2.28. The maximum absolute atomic E-state index is 5.83. The second-order valence-corrected chi connectivity index (χ2v) is 5.25. The van der Waals surface area contributed by atoms with Crippen LogP contribution >= 0.6 is 23.4 Å². The molecule has 0 unspecified atom stereocenters. The zero-order valence-corrected chi connectivity index (χ0v) is 10.2. The highest BCUT2D eigenvalue weighted by molar-refractivity contribution is 7.99. The first-order chi connectivity index (χ1) is 7.34. The highest BCUT2D eigenvalue weighted by atomic mass is 35.5. The van der Waals surface area contributed by atoms with Crippen LogP contribution in [0.25, 0.3) is 0 Å². The van der Waals surface area contributed by atoms with E-state index < -0.39 is 0 Å². The minimum atomic E-state index is 0.585. The van der Waals surface area contributed by atoms with Crippen LogP contribution in [-0.4, -0.2) is 23.8 Å². The molecule has 0 bridgehead atoms. The Bertz CT molecular complexity index is 313. The van der Waals surface area contributed by atoms with Crippen LogP contribution in [0.4, 0.5) is 0 Å². The number of hydrogen-bond acceptors (Lipinski definition) is 3. The lowest BCUT2D eigenvalue weighted by Crippen LogP contribution is -2.30. The van der Waals surface area contributed by atoms with E-state index >= 15 is 0 Å². The van der Waals surface area contributed by atoms with Crippen LogP contribution in [-0.2, 0) is 0 Å². The van der Waals surface area contributed by atoms with Gasteiger partial charge in [0, 0.05) is 5.75 Å². The molecule has 82 valence electrons. The summed E-state index contributed by atoms with van der Waals surface area (Å²) in [5.74, 6) is 1.92. The van der Waals surface area contributed by atoms with Gasteiger partial charge in [-0.25, -0.2) is 4.98 Å². The van der Waals surface area contributed by atoms with E-state index in [-0.39, 0.29) is 0 Å². The molecule has 1 aromatic heterocycles. The fourth-order valence-electron chi connectivity index (χ4n) is 1.74. The minimum absolute atomic E-state index is 0.585. The zero-order chi connectivity index (χ0) is 10.5. The number of hydrogen-bond donors (Lipinski definition) is 1. The minimum Gasteiger partial charge on any atom is -0.316 e. The van der Waals surface area contributed by atoms with Gasteiger partial charge in [-0.1, -0.05) is 17.7 Å². The van der Waals surface area contributed by atoms with Crippen LogP contribution in [0.1, 0.15) is 12.8 Å². The summed E-state index contributed by atoms with van der Waals surface area (Å²) in [5, 5.41) is 5.04. The molecule has 1 aromatic rings. The van der Waals surface area contributed by atoms with Gasteiger partial charge < -0.3 is 5.32 Å². The number of piperidine rings is 1. The van der Waals surface area contributed by atoms with Crippen LogP contribution in [0.3, 0.4) is 0 Å². The van der Waals surface area contributed by atoms with Gasteiger partial charge >= 0.3 is 0 Å². The Kier molecular flexibility index (Phi) is 4.29. The molecule has 2 rings (SSSR count). The van der Waals surface area contributed by atoms with Crippen molar-refractivity contribution in [1.29, 1.82) is 0 Å². The number of pyridine rings is 1. The summed E-state index contributed by atoms with van der Waals surface area (Å²) >= 11 is 7.64. The average molecular weight is 243 g/mol. The molecule has 0 spiro atoms. The highest BCUT2D eigenvalue weighted by Crippen LogP contribution is 2.23. The smallest absolute Gasteiger partial charge is 0.130 e. The van der Waals surface area contributed by atoms with Gasteiger partial charge in [-0.2, -0.15) is 0 Å². The molecule has 1 atom stereocenters. The van der Waals surface area contributed by atoms with Crippen molar-refractivity contribution >= 4 is 23.4 Å².